The highest BCUT2D eigenvalue weighted by molar-refractivity contribution is 5.93. The second kappa shape index (κ2) is 7.47. The fourth-order valence-corrected chi connectivity index (χ4v) is 1.96. The van der Waals surface area contributed by atoms with E-state index >= 15 is 0 Å². The van der Waals surface area contributed by atoms with E-state index in [1.807, 2.05) is 37.3 Å². The molecule has 0 aliphatic carbocycles. The van der Waals surface area contributed by atoms with Crippen LogP contribution in [0.5, 0.6) is 5.75 Å². The Morgan fingerprint density at radius 2 is 1.91 bits per heavy atom. The van der Waals surface area contributed by atoms with Crippen LogP contribution in [-0.2, 0) is 16.1 Å². The Bertz CT molecular complexity index is 639. The number of nitrogens with one attached hydrogen (secondary N) is 1. The second-order valence-corrected chi connectivity index (χ2v) is 4.91. The maximum absolute atomic E-state index is 11.9. The average molecular weight is 300 g/mol. The van der Waals surface area contributed by atoms with Crippen LogP contribution in [0.4, 0.5) is 11.4 Å². The lowest BCUT2D eigenvalue weighted by atomic mass is 10.1. The van der Waals surface area contributed by atoms with E-state index in [-0.39, 0.29) is 12.5 Å². The molecule has 22 heavy (non-hydrogen) atoms. The van der Waals surface area contributed by atoms with Crippen molar-refractivity contribution < 1.29 is 14.3 Å². The first-order valence-electron chi connectivity index (χ1n) is 6.96. The third kappa shape index (κ3) is 4.23. The molecule has 116 valence electrons. The maximum atomic E-state index is 11.9. The first-order valence-corrected chi connectivity index (χ1v) is 6.96. The minimum atomic E-state index is -0.206. The Kier molecular flexibility index (Phi) is 5.38. The highest BCUT2D eigenvalue weighted by Gasteiger charge is 2.06. The van der Waals surface area contributed by atoms with Gasteiger partial charge in [-0.2, -0.15) is 0 Å². The van der Waals surface area contributed by atoms with Gasteiger partial charge in [-0.3, -0.25) is 4.79 Å². The van der Waals surface area contributed by atoms with Crippen LogP contribution in [0.2, 0.25) is 0 Å². The number of methoxy groups -OCH3 is 1. The molecule has 0 aromatic heterocycles. The SMILES string of the molecule is COc1ccc(COCC(=O)Nc2cccc(N)c2C)cc1. The van der Waals surface area contributed by atoms with Crippen LogP contribution >= 0.6 is 0 Å². The molecule has 2 aromatic carbocycles. The molecule has 0 unspecified atom stereocenters. The van der Waals surface area contributed by atoms with Crippen molar-refractivity contribution >= 4 is 17.3 Å². The first kappa shape index (κ1) is 15.9. The van der Waals surface area contributed by atoms with Crippen LogP contribution in [0, 0.1) is 6.92 Å². The Labute approximate surface area is 130 Å². The van der Waals surface area contributed by atoms with Gasteiger partial charge in [0.15, 0.2) is 0 Å². The first-order chi connectivity index (χ1) is 10.6. The number of hydrogen-bond acceptors (Lipinski definition) is 4. The van der Waals surface area contributed by atoms with Gasteiger partial charge in [-0.25, -0.2) is 0 Å². The van der Waals surface area contributed by atoms with Crippen LogP contribution in [0.25, 0.3) is 0 Å². The summed E-state index contributed by atoms with van der Waals surface area (Å²) < 4.78 is 10.5. The highest BCUT2D eigenvalue weighted by atomic mass is 16.5. The lowest BCUT2D eigenvalue weighted by Crippen LogP contribution is -2.19. The van der Waals surface area contributed by atoms with E-state index < -0.39 is 0 Å². The predicted octanol–water partition coefficient (Wildman–Crippen LogP) is 2.74. The summed E-state index contributed by atoms with van der Waals surface area (Å²) in [5, 5.41) is 2.79. The summed E-state index contributed by atoms with van der Waals surface area (Å²) in [6, 6.07) is 12.9. The quantitative estimate of drug-likeness (QED) is 0.805. The summed E-state index contributed by atoms with van der Waals surface area (Å²) in [5.74, 6) is 0.584. The van der Waals surface area contributed by atoms with Gasteiger partial charge < -0.3 is 20.5 Å². The van der Waals surface area contributed by atoms with Crippen LogP contribution in [0.1, 0.15) is 11.1 Å². The minimum Gasteiger partial charge on any atom is -0.497 e. The van der Waals surface area contributed by atoms with Gasteiger partial charge in [0.2, 0.25) is 5.91 Å². The van der Waals surface area contributed by atoms with Crippen molar-refractivity contribution in [2.24, 2.45) is 0 Å². The van der Waals surface area contributed by atoms with Gasteiger partial charge in [-0.05, 0) is 42.3 Å². The summed E-state index contributed by atoms with van der Waals surface area (Å²) in [6.07, 6.45) is 0. The molecule has 0 heterocycles. The molecule has 5 nitrogen and oxygen atoms in total. The van der Waals surface area contributed by atoms with E-state index in [0.29, 0.717) is 18.0 Å². The molecule has 0 radical (unpaired) electrons. The molecule has 3 N–H and O–H groups in total. The molecule has 0 aliphatic heterocycles. The zero-order chi connectivity index (χ0) is 15.9. The lowest BCUT2D eigenvalue weighted by molar-refractivity contribution is -0.121. The van der Waals surface area contributed by atoms with Crippen molar-refractivity contribution in [2.45, 2.75) is 13.5 Å². The molecule has 0 aliphatic rings. The number of benzene rings is 2. The summed E-state index contributed by atoms with van der Waals surface area (Å²) >= 11 is 0. The lowest BCUT2D eigenvalue weighted by Gasteiger charge is -2.10. The van der Waals surface area contributed by atoms with Crippen molar-refractivity contribution in [3.8, 4) is 5.75 Å². The molecule has 2 aromatic rings. The van der Waals surface area contributed by atoms with Crippen LogP contribution in [0.3, 0.4) is 0 Å². The van der Waals surface area contributed by atoms with E-state index in [0.717, 1.165) is 16.9 Å². The molecule has 0 spiro atoms. The predicted molar refractivity (Wildman–Crippen MR) is 86.9 cm³/mol. The van der Waals surface area contributed by atoms with E-state index in [4.69, 9.17) is 15.2 Å². The summed E-state index contributed by atoms with van der Waals surface area (Å²) in [6.45, 7) is 2.22. The van der Waals surface area contributed by atoms with Gasteiger partial charge in [0.05, 0.1) is 13.7 Å². The Morgan fingerprint density at radius 1 is 1.18 bits per heavy atom. The molecule has 0 saturated carbocycles. The molecule has 0 bridgehead atoms. The fraction of sp³-hybridized carbons (Fsp3) is 0.235. The number of carbonyl (C=O) groups is 1. The number of carbonyl (C=O) groups excluding carboxylic acids is 1. The highest BCUT2D eigenvalue weighted by Crippen LogP contribution is 2.20. The van der Waals surface area contributed by atoms with Crippen molar-refractivity contribution in [1.82, 2.24) is 0 Å². The molecular weight excluding hydrogens is 280 g/mol. The van der Waals surface area contributed by atoms with Gasteiger partial charge in [-0.15, -0.1) is 0 Å². The van der Waals surface area contributed by atoms with Crippen LogP contribution in [0.15, 0.2) is 42.5 Å². The third-order valence-electron chi connectivity index (χ3n) is 3.31. The number of ether oxygens (including phenoxy) is 2. The Morgan fingerprint density at radius 3 is 2.59 bits per heavy atom. The van der Waals surface area contributed by atoms with E-state index in [9.17, 15) is 4.79 Å². The van der Waals surface area contributed by atoms with Gasteiger partial charge in [0, 0.05) is 11.4 Å². The monoisotopic (exact) mass is 300 g/mol. The maximum Gasteiger partial charge on any atom is 0.250 e. The number of amides is 1. The molecular formula is C17H20N2O3. The largest absolute Gasteiger partial charge is 0.497 e. The van der Waals surface area contributed by atoms with Gasteiger partial charge >= 0.3 is 0 Å². The molecule has 1 amide bonds. The second-order valence-electron chi connectivity index (χ2n) is 4.91. The number of nitrogen functional groups attached to an aromatic ring is 1. The van der Waals surface area contributed by atoms with Crippen molar-refractivity contribution in [3.05, 3.63) is 53.6 Å². The average Bonchev–Trinajstić information content (AvgIpc) is 2.52. The molecule has 2 rings (SSSR count). The Hall–Kier alpha value is -2.53. The molecule has 0 saturated heterocycles. The number of rotatable bonds is 6. The van der Waals surface area contributed by atoms with Crippen LogP contribution < -0.4 is 15.8 Å². The summed E-state index contributed by atoms with van der Waals surface area (Å²) in [5.41, 5.74) is 8.99. The number of anilines is 2. The summed E-state index contributed by atoms with van der Waals surface area (Å²) in [7, 11) is 1.62. The van der Waals surface area contributed by atoms with Gasteiger partial charge in [0.1, 0.15) is 12.4 Å². The van der Waals surface area contributed by atoms with Crippen LogP contribution in [-0.4, -0.2) is 19.6 Å². The van der Waals surface area contributed by atoms with E-state index in [1.165, 1.54) is 0 Å². The smallest absolute Gasteiger partial charge is 0.250 e. The number of nitrogens with two attached hydrogens (primary N) is 1. The topological polar surface area (TPSA) is 73.6 Å². The van der Waals surface area contributed by atoms with E-state index in [1.54, 1.807) is 19.2 Å². The number of hydrogen-bond donors (Lipinski definition) is 2. The molecule has 0 fully saturated rings. The third-order valence-corrected chi connectivity index (χ3v) is 3.31. The summed E-state index contributed by atoms with van der Waals surface area (Å²) in [4.78, 5) is 11.9. The standard InChI is InChI=1S/C17H20N2O3/c1-12-15(18)4-3-5-16(12)19-17(20)11-22-10-13-6-8-14(21-2)9-7-13/h3-9H,10-11,18H2,1-2H3,(H,19,20). The van der Waals surface area contributed by atoms with Crippen molar-refractivity contribution in [2.75, 3.05) is 24.8 Å². The molecule has 5 heteroatoms. The zero-order valence-electron chi connectivity index (χ0n) is 12.8. The normalized spacial score (nSPS) is 10.3. The molecule has 0 atom stereocenters. The fourth-order valence-electron chi connectivity index (χ4n) is 1.96. The van der Waals surface area contributed by atoms with Crippen molar-refractivity contribution in [3.63, 3.8) is 0 Å². The minimum absolute atomic E-state index is 0.0136. The van der Waals surface area contributed by atoms with Gasteiger partial charge in [0.25, 0.3) is 0 Å². The van der Waals surface area contributed by atoms with E-state index in [2.05, 4.69) is 5.32 Å². The Balaban J connectivity index is 1.81. The zero-order valence-corrected chi connectivity index (χ0v) is 12.8. The van der Waals surface area contributed by atoms with Gasteiger partial charge in [-0.1, -0.05) is 18.2 Å². The van der Waals surface area contributed by atoms with Crippen molar-refractivity contribution in [1.29, 1.82) is 0 Å².